The third kappa shape index (κ3) is 6.54. The van der Waals surface area contributed by atoms with Crippen LogP contribution in [0.5, 0.6) is 0 Å². The zero-order chi connectivity index (χ0) is 27.7. The maximum absolute atomic E-state index is 13.2. The van der Waals surface area contributed by atoms with Crippen LogP contribution < -0.4 is 4.72 Å². The summed E-state index contributed by atoms with van der Waals surface area (Å²) in [7, 11) is -3.96. The average Bonchev–Trinajstić information content (AvgIpc) is 3.30. The molecule has 5 heterocycles. The number of thiophene rings is 1. The van der Waals surface area contributed by atoms with Crippen LogP contribution in [0, 0.1) is 11.8 Å². The lowest BCUT2D eigenvalue weighted by molar-refractivity contribution is -0.148. The molecule has 5 rings (SSSR count). The minimum atomic E-state index is -3.96. The van der Waals surface area contributed by atoms with Gasteiger partial charge in [0.15, 0.2) is 0 Å². The van der Waals surface area contributed by atoms with E-state index < -0.39 is 22.0 Å². The molecule has 0 spiro atoms. The molecule has 2 unspecified atom stereocenters. The topological polar surface area (TPSA) is 129 Å². The number of carbonyl (C=O) groups is 3. The third-order valence-corrected chi connectivity index (χ3v) is 10.6. The van der Waals surface area contributed by atoms with E-state index in [9.17, 15) is 22.8 Å². The molecular formula is C25H32ClN5O6S2. The minimum Gasteiger partial charge on any atom is -0.465 e. The summed E-state index contributed by atoms with van der Waals surface area (Å²) in [6.45, 7) is 5.35. The van der Waals surface area contributed by atoms with Crippen molar-refractivity contribution < 1.29 is 27.5 Å². The van der Waals surface area contributed by atoms with Crippen LogP contribution in [0.2, 0.25) is 5.15 Å². The molecule has 2 aromatic rings. The molecule has 3 saturated heterocycles. The number of hydrogen-bond acceptors (Lipinski definition) is 9. The molecule has 3 fully saturated rings. The molecular weight excluding hydrogens is 566 g/mol. The number of aromatic nitrogens is 1. The van der Waals surface area contributed by atoms with Gasteiger partial charge in [-0.25, -0.2) is 13.4 Å². The van der Waals surface area contributed by atoms with Gasteiger partial charge >= 0.3 is 5.97 Å². The molecule has 2 aromatic heterocycles. The van der Waals surface area contributed by atoms with E-state index in [1.165, 1.54) is 11.0 Å². The van der Waals surface area contributed by atoms with Crippen LogP contribution in [0.4, 0.5) is 0 Å². The predicted molar refractivity (Wildman–Crippen MR) is 146 cm³/mol. The number of amides is 2. The molecule has 39 heavy (non-hydrogen) atoms. The van der Waals surface area contributed by atoms with Crippen LogP contribution in [0.25, 0.3) is 10.2 Å². The summed E-state index contributed by atoms with van der Waals surface area (Å²) in [6, 6.07) is 3.82. The van der Waals surface area contributed by atoms with E-state index in [1.54, 1.807) is 19.1 Å². The van der Waals surface area contributed by atoms with Gasteiger partial charge < -0.3 is 14.5 Å². The highest BCUT2D eigenvalue weighted by molar-refractivity contribution is 7.91. The van der Waals surface area contributed by atoms with Gasteiger partial charge in [0.25, 0.3) is 10.0 Å². The number of sulfonamides is 1. The predicted octanol–water partition coefficient (Wildman–Crippen LogP) is 1.56. The number of likely N-dealkylation sites (tertiary alicyclic amines) is 3. The van der Waals surface area contributed by atoms with Gasteiger partial charge in [-0.1, -0.05) is 11.6 Å². The summed E-state index contributed by atoms with van der Waals surface area (Å²) < 4.78 is 34.5. The highest BCUT2D eigenvalue weighted by Crippen LogP contribution is 2.30. The summed E-state index contributed by atoms with van der Waals surface area (Å²) in [4.78, 5) is 47.8. The Morgan fingerprint density at radius 3 is 2.64 bits per heavy atom. The van der Waals surface area contributed by atoms with Crippen LogP contribution >= 0.6 is 22.9 Å². The molecule has 212 valence electrons. The standard InChI is InChI=1S/C25H32ClN5O6S2/c1-2-37-23(33)15-29-10-16-8-17(11-29)13-31(12-16)22(32)14-30-7-3-4-18(25(30)34)28-39(35,36)24-9-19-20(38-24)5-6-21(26)27-19/h5-6,9,16-18,28H,2-4,7-8,10-15H2,1H3/t16?,17?,18-/m0/s1. The number of esters is 1. The number of piperidine rings is 3. The first-order valence-electron chi connectivity index (χ1n) is 13.1. The molecule has 3 atom stereocenters. The fraction of sp³-hybridized carbons (Fsp3) is 0.600. The third-order valence-electron chi connectivity index (χ3n) is 7.40. The molecule has 0 saturated carbocycles. The number of hydrogen-bond donors (Lipinski definition) is 1. The Bertz CT molecular complexity index is 1350. The maximum Gasteiger partial charge on any atom is 0.320 e. The molecule has 14 heteroatoms. The number of rotatable bonds is 8. The van der Waals surface area contributed by atoms with E-state index >= 15 is 0 Å². The molecule has 0 radical (unpaired) electrons. The quantitative estimate of drug-likeness (QED) is 0.359. The molecule has 2 amide bonds. The molecule has 3 aliphatic rings. The normalized spacial score (nSPS) is 24.3. The zero-order valence-corrected chi connectivity index (χ0v) is 24.1. The van der Waals surface area contributed by atoms with E-state index in [2.05, 4.69) is 14.6 Å². The largest absolute Gasteiger partial charge is 0.465 e. The van der Waals surface area contributed by atoms with Gasteiger partial charge in [-0.3, -0.25) is 19.3 Å². The number of carbonyl (C=O) groups excluding carboxylic acids is 3. The van der Waals surface area contributed by atoms with Crippen molar-refractivity contribution in [2.75, 3.05) is 52.4 Å². The highest BCUT2D eigenvalue weighted by Gasteiger charge is 2.39. The van der Waals surface area contributed by atoms with Crippen molar-refractivity contribution in [2.24, 2.45) is 11.8 Å². The Balaban J connectivity index is 1.17. The smallest absolute Gasteiger partial charge is 0.320 e. The SMILES string of the molecule is CCOC(=O)CN1CC2CC(C1)CN(C(=O)CN1CCC[C@H](NS(=O)(=O)c3cc4nc(Cl)ccc4s3)C1=O)C2. The van der Waals surface area contributed by atoms with Gasteiger partial charge in [0.1, 0.15) is 15.4 Å². The van der Waals surface area contributed by atoms with Crippen molar-refractivity contribution in [1.29, 1.82) is 0 Å². The van der Waals surface area contributed by atoms with Crippen molar-refractivity contribution in [1.82, 2.24) is 24.4 Å². The fourth-order valence-corrected chi connectivity index (χ4v) is 8.55. The molecule has 2 bridgehead atoms. The lowest BCUT2D eigenvalue weighted by Crippen LogP contribution is -2.58. The van der Waals surface area contributed by atoms with E-state index in [0.29, 0.717) is 49.3 Å². The van der Waals surface area contributed by atoms with Crippen molar-refractivity contribution >= 4 is 61.0 Å². The van der Waals surface area contributed by atoms with E-state index in [0.717, 1.165) is 30.8 Å². The van der Waals surface area contributed by atoms with Crippen molar-refractivity contribution in [3.8, 4) is 0 Å². The Morgan fingerprint density at radius 2 is 1.92 bits per heavy atom. The van der Waals surface area contributed by atoms with E-state index in [4.69, 9.17) is 16.3 Å². The van der Waals surface area contributed by atoms with Crippen molar-refractivity contribution in [3.63, 3.8) is 0 Å². The lowest BCUT2D eigenvalue weighted by Gasteiger charge is -2.46. The second-order valence-electron chi connectivity index (χ2n) is 10.4. The van der Waals surface area contributed by atoms with Gasteiger partial charge in [-0.15, -0.1) is 11.3 Å². The molecule has 0 aromatic carbocycles. The number of pyridine rings is 1. The maximum atomic E-state index is 13.2. The number of ether oxygens (including phenoxy) is 1. The average molecular weight is 598 g/mol. The van der Waals surface area contributed by atoms with Crippen LogP contribution in [0.3, 0.4) is 0 Å². The number of halogens is 1. The summed E-state index contributed by atoms with van der Waals surface area (Å²) >= 11 is 6.98. The Labute approximate surface area is 236 Å². The van der Waals surface area contributed by atoms with Gasteiger partial charge in [0.05, 0.1) is 29.9 Å². The van der Waals surface area contributed by atoms with Gasteiger partial charge in [0, 0.05) is 32.7 Å². The van der Waals surface area contributed by atoms with Crippen LogP contribution in [0.15, 0.2) is 22.4 Å². The second-order valence-corrected chi connectivity index (χ2v) is 13.8. The summed E-state index contributed by atoms with van der Waals surface area (Å²) in [5, 5.41) is 0.270. The lowest BCUT2D eigenvalue weighted by atomic mass is 9.84. The highest BCUT2D eigenvalue weighted by atomic mass is 35.5. The Hall–Kier alpha value is -2.32. The molecule has 11 nitrogen and oxygen atoms in total. The van der Waals surface area contributed by atoms with Crippen molar-refractivity contribution in [3.05, 3.63) is 23.4 Å². The second kappa shape index (κ2) is 11.7. The number of nitrogens with zero attached hydrogens (tertiary/aromatic N) is 4. The first-order chi connectivity index (χ1) is 18.6. The Kier molecular flexibility index (Phi) is 8.43. The van der Waals surface area contributed by atoms with Crippen molar-refractivity contribution in [2.45, 2.75) is 36.4 Å². The summed E-state index contributed by atoms with van der Waals surface area (Å²) in [6.07, 6.45) is 1.96. The minimum absolute atomic E-state index is 0.0603. The van der Waals surface area contributed by atoms with E-state index in [-0.39, 0.29) is 46.2 Å². The van der Waals surface area contributed by atoms with Crippen LogP contribution in [-0.2, 0) is 29.1 Å². The number of fused-ring (bicyclic) bond motifs is 3. The number of nitrogens with one attached hydrogen (secondary N) is 1. The molecule has 3 aliphatic heterocycles. The summed E-state index contributed by atoms with van der Waals surface area (Å²) in [5.74, 6) is -0.227. The first-order valence-corrected chi connectivity index (χ1v) is 15.8. The van der Waals surface area contributed by atoms with Crippen LogP contribution in [-0.4, -0.2) is 104 Å². The van der Waals surface area contributed by atoms with Gasteiger partial charge in [-0.2, -0.15) is 4.72 Å². The molecule has 0 aliphatic carbocycles. The zero-order valence-electron chi connectivity index (χ0n) is 21.7. The van der Waals surface area contributed by atoms with Crippen LogP contribution in [0.1, 0.15) is 26.2 Å². The first kappa shape index (κ1) is 28.2. The molecule has 1 N–H and O–H groups in total. The Morgan fingerprint density at radius 1 is 1.18 bits per heavy atom. The van der Waals surface area contributed by atoms with E-state index in [1.807, 2.05) is 4.90 Å². The monoisotopic (exact) mass is 597 g/mol. The summed E-state index contributed by atoms with van der Waals surface area (Å²) in [5.41, 5.74) is 0.477. The fourth-order valence-electron chi connectivity index (χ4n) is 5.83. The van der Waals surface area contributed by atoms with Gasteiger partial charge in [-0.05, 0) is 56.2 Å². The van der Waals surface area contributed by atoms with Gasteiger partial charge in [0.2, 0.25) is 11.8 Å².